The Labute approximate surface area is 122 Å². The van der Waals surface area contributed by atoms with Gasteiger partial charge >= 0.3 is 0 Å². The van der Waals surface area contributed by atoms with Crippen molar-refractivity contribution in [3.8, 4) is 16.9 Å². The van der Waals surface area contributed by atoms with Gasteiger partial charge in [0.15, 0.2) is 0 Å². The highest BCUT2D eigenvalue weighted by Crippen LogP contribution is 2.40. The summed E-state index contributed by atoms with van der Waals surface area (Å²) >= 11 is 6.29. The summed E-state index contributed by atoms with van der Waals surface area (Å²) in [7, 11) is 1.63. The second-order valence-corrected chi connectivity index (χ2v) is 4.86. The Kier molecular flexibility index (Phi) is 3.20. The largest absolute Gasteiger partial charge is 0.496 e. The molecule has 3 rings (SSSR count). The first kappa shape index (κ1) is 12.8. The van der Waals surface area contributed by atoms with E-state index in [0.717, 1.165) is 22.0 Å². The van der Waals surface area contributed by atoms with Crippen molar-refractivity contribution in [1.29, 1.82) is 0 Å². The van der Waals surface area contributed by atoms with Crippen molar-refractivity contribution >= 4 is 28.2 Å². The molecule has 0 unspecified atom stereocenters. The first-order valence-electron chi connectivity index (χ1n) is 6.18. The molecule has 1 heterocycles. The van der Waals surface area contributed by atoms with Crippen LogP contribution in [-0.2, 0) is 0 Å². The molecule has 4 heteroatoms. The smallest absolute Gasteiger partial charge is 0.129 e. The van der Waals surface area contributed by atoms with E-state index in [1.54, 1.807) is 13.3 Å². The highest BCUT2D eigenvalue weighted by molar-refractivity contribution is 6.34. The zero-order chi connectivity index (χ0) is 14.1. The van der Waals surface area contributed by atoms with Crippen LogP contribution in [0.4, 0.5) is 5.69 Å². The highest BCUT2D eigenvalue weighted by atomic mass is 35.5. The molecule has 0 saturated heterocycles. The van der Waals surface area contributed by atoms with Gasteiger partial charge in [-0.25, -0.2) is 0 Å². The first-order chi connectivity index (χ1) is 9.70. The molecule has 1 aromatic heterocycles. The molecule has 20 heavy (non-hydrogen) atoms. The Bertz CT molecular complexity index is 766. The first-order valence-corrected chi connectivity index (χ1v) is 6.55. The molecular formula is C16H13ClN2O. The number of anilines is 1. The van der Waals surface area contributed by atoms with Crippen LogP contribution in [0.1, 0.15) is 0 Å². The number of hydrogen-bond donors (Lipinski definition) is 1. The number of methoxy groups -OCH3 is 1. The summed E-state index contributed by atoms with van der Waals surface area (Å²) in [5.41, 5.74) is 9.22. The minimum atomic E-state index is 0.603. The topological polar surface area (TPSA) is 48.1 Å². The lowest BCUT2D eigenvalue weighted by atomic mass is 10.0. The van der Waals surface area contributed by atoms with Crippen LogP contribution < -0.4 is 10.5 Å². The average molecular weight is 285 g/mol. The van der Waals surface area contributed by atoms with Gasteiger partial charge in [0.1, 0.15) is 5.75 Å². The van der Waals surface area contributed by atoms with Crippen molar-refractivity contribution in [2.24, 2.45) is 0 Å². The molecule has 0 atom stereocenters. The maximum Gasteiger partial charge on any atom is 0.129 e. The van der Waals surface area contributed by atoms with Crippen molar-refractivity contribution in [3.63, 3.8) is 0 Å². The third-order valence-electron chi connectivity index (χ3n) is 3.24. The van der Waals surface area contributed by atoms with Gasteiger partial charge < -0.3 is 10.5 Å². The molecular weight excluding hydrogens is 272 g/mol. The summed E-state index contributed by atoms with van der Waals surface area (Å²) in [4.78, 5) is 4.33. The summed E-state index contributed by atoms with van der Waals surface area (Å²) in [5, 5.41) is 1.62. The highest BCUT2D eigenvalue weighted by Gasteiger charge is 2.14. The number of halogens is 1. The third-order valence-corrected chi connectivity index (χ3v) is 3.55. The summed E-state index contributed by atoms with van der Waals surface area (Å²) in [6.45, 7) is 0. The zero-order valence-electron chi connectivity index (χ0n) is 10.9. The maximum atomic E-state index is 6.29. The van der Waals surface area contributed by atoms with E-state index in [1.165, 1.54) is 0 Å². The Morgan fingerprint density at radius 3 is 2.75 bits per heavy atom. The van der Waals surface area contributed by atoms with E-state index in [4.69, 9.17) is 22.1 Å². The van der Waals surface area contributed by atoms with Crippen LogP contribution in [0.3, 0.4) is 0 Å². The van der Waals surface area contributed by atoms with E-state index in [-0.39, 0.29) is 0 Å². The molecule has 2 N–H and O–H groups in total. The van der Waals surface area contributed by atoms with Gasteiger partial charge in [0, 0.05) is 34.5 Å². The monoisotopic (exact) mass is 284 g/mol. The number of ether oxygens (including phenoxy) is 1. The lowest BCUT2D eigenvalue weighted by Gasteiger charge is -2.13. The Hall–Kier alpha value is -2.26. The predicted octanol–water partition coefficient (Wildman–Crippen LogP) is 4.15. The van der Waals surface area contributed by atoms with Crippen LogP contribution in [0.2, 0.25) is 5.02 Å². The van der Waals surface area contributed by atoms with E-state index >= 15 is 0 Å². The second kappa shape index (κ2) is 5.02. The number of nitrogens with two attached hydrogens (primary N) is 1. The minimum Gasteiger partial charge on any atom is -0.496 e. The van der Waals surface area contributed by atoms with Crippen molar-refractivity contribution in [2.75, 3.05) is 12.8 Å². The molecule has 0 bridgehead atoms. The zero-order valence-corrected chi connectivity index (χ0v) is 11.7. The quantitative estimate of drug-likeness (QED) is 0.719. The lowest BCUT2D eigenvalue weighted by molar-refractivity contribution is 0.417. The molecule has 3 aromatic rings. The van der Waals surface area contributed by atoms with E-state index in [1.807, 2.05) is 42.5 Å². The van der Waals surface area contributed by atoms with Gasteiger partial charge in [0.2, 0.25) is 0 Å². The van der Waals surface area contributed by atoms with Gasteiger partial charge in [-0.15, -0.1) is 0 Å². The molecule has 0 fully saturated rings. The molecule has 0 amide bonds. The van der Waals surface area contributed by atoms with Crippen molar-refractivity contribution in [1.82, 2.24) is 4.98 Å². The number of fused-ring (bicyclic) bond motifs is 1. The summed E-state index contributed by atoms with van der Waals surface area (Å²) in [5.74, 6) is 0.705. The van der Waals surface area contributed by atoms with Crippen LogP contribution >= 0.6 is 11.6 Å². The SMILES string of the molecule is COc1cc2ncccc2cc1-c1c(N)cccc1Cl. The van der Waals surface area contributed by atoms with E-state index in [9.17, 15) is 0 Å². The molecule has 2 aromatic carbocycles. The van der Waals surface area contributed by atoms with E-state index in [0.29, 0.717) is 16.5 Å². The molecule has 0 radical (unpaired) electrons. The van der Waals surface area contributed by atoms with Gasteiger partial charge in [0.05, 0.1) is 17.6 Å². The fourth-order valence-corrected chi connectivity index (χ4v) is 2.57. The normalized spacial score (nSPS) is 10.7. The third kappa shape index (κ3) is 2.06. The lowest BCUT2D eigenvalue weighted by Crippen LogP contribution is -1.94. The van der Waals surface area contributed by atoms with Gasteiger partial charge in [-0.05, 0) is 24.3 Å². The van der Waals surface area contributed by atoms with Gasteiger partial charge in [0.25, 0.3) is 0 Å². The van der Waals surface area contributed by atoms with E-state index in [2.05, 4.69) is 4.98 Å². The number of hydrogen-bond acceptors (Lipinski definition) is 3. The molecule has 0 spiro atoms. The Morgan fingerprint density at radius 1 is 1.15 bits per heavy atom. The molecule has 0 saturated carbocycles. The molecule has 3 nitrogen and oxygen atoms in total. The van der Waals surface area contributed by atoms with Gasteiger partial charge in [-0.3, -0.25) is 4.98 Å². The predicted molar refractivity (Wildman–Crippen MR) is 83.2 cm³/mol. The van der Waals surface area contributed by atoms with Crippen LogP contribution in [0.5, 0.6) is 5.75 Å². The fraction of sp³-hybridized carbons (Fsp3) is 0.0625. The molecule has 0 aliphatic heterocycles. The number of nitrogens with zero attached hydrogens (tertiary/aromatic N) is 1. The molecule has 100 valence electrons. The summed E-state index contributed by atoms with van der Waals surface area (Å²) in [6, 6.07) is 13.3. The van der Waals surface area contributed by atoms with Gasteiger partial charge in [-0.1, -0.05) is 23.7 Å². The van der Waals surface area contributed by atoms with Crippen LogP contribution in [0, 0.1) is 0 Å². The summed E-state index contributed by atoms with van der Waals surface area (Å²) < 4.78 is 5.46. The van der Waals surface area contributed by atoms with Crippen LogP contribution in [0.15, 0.2) is 48.7 Å². The minimum absolute atomic E-state index is 0.603. The number of pyridine rings is 1. The van der Waals surface area contributed by atoms with Crippen molar-refractivity contribution in [3.05, 3.63) is 53.7 Å². The average Bonchev–Trinajstić information content (AvgIpc) is 2.46. The van der Waals surface area contributed by atoms with Crippen LogP contribution in [0.25, 0.3) is 22.0 Å². The Morgan fingerprint density at radius 2 is 2.00 bits per heavy atom. The maximum absolute atomic E-state index is 6.29. The standard InChI is InChI=1S/C16H13ClN2O/c1-20-15-9-14-10(4-3-7-19-14)8-11(15)16-12(17)5-2-6-13(16)18/h2-9H,18H2,1H3. The fourth-order valence-electron chi connectivity index (χ4n) is 2.29. The number of benzene rings is 2. The molecule has 0 aliphatic rings. The molecule has 0 aliphatic carbocycles. The van der Waals surface area contributed by atoms with Gasteiger partial charge in [-0.2, -0.15) is 0 Å². The van der Waals surface area contributed by atoms with Crippen molar-refractivity contribution < 1.29 is 4.74 Å². The number of nitrogen functional groups attached to an aromatic ring is 1. The second-order valence-electron chi connectivity index (χ2n) is 4.45. The Balaban J connectivity index is 2.35. The van der Waals surface area contributed by atoms with Crippen molar-refractivity contribution in [2.45, 2.75) is 0 Å². The van der Waals surface area contributed by atoms with Crippen LogP contribution in [-0.4, -0.2) is 12.1 Å². The van der Waals surface area contributed by atoms with E-state index < -0.39 is 0 Å². The summed E-state index contributed by atoms with van der Waals surface area (Å²) in [6.07, 6.45) is 1.76. The number of rotatable bonds is 2. The number of aromatic nitrogens is 1.